The molecule has 0 saturated carbocycles. The van der Waals surface area contributed by atoms with Crippen LogP contribution in [0.4, 0.5) is 4.79 Å². The second-order valence-corrected chi connectivity index (χ2v) is 5.51. The van der Waals surface area contributed by atoms with E-state index >= 15 is 0 Å². The van der Waals surface area contributed by atoms with Gasteiger partial charge in [-0.25, -0.2) is 4.79 Å². The van der Waals surface area contributed by atoms with Crippen molar-refractivity contribution in [3.8, 4) is 0 Å². The quantitative estimate of drug-likeness (QED) is 0.824. The molecule has 1 atom stereocenters. The Bertz CT molecular complexity index is 295. The number of nitrogens with zero attached hydrogens (tertiary/aromatic N) is 1. The molecule has 1 fully saturated rings. The lowest BCUT2D eigenvalue weighted by atomic mass is 10.0. The van der Waals surface area contributed by atoms with Crippen molar-refractivity contribution in [2.24, 2.45) is 5.92 Å². The zero-order chi connectivity index (χ0) is 13.1. The monoisotopic (exact) mass is 243 g/mol. The van der Waals surface area contributed by atoms with Crippen LogP contribution in [0.2, 0.25) is 0 Å². The molecular weight excluding hydrogens is 222 g/mol. The number of aliphatic carboxylic acids is 1. The Morgan fingerprint density at radius 1 is 1.41 bits per heavy atom. The van der Waals surface area contributed by atoms with Gasteiger partial charge in [-0.15, -0.1) is 0 Å². The molecular formula is C12H21NO4. The van der Waals surface area contributed by atoms with Gasteiger partial charge >= 0.3 is 12.1 Å². The van der Waals surface area contributed by atoms with Crippen molar-refractivity contribution >= 4 is 12.1 Å². The lowest BCUT2D eigenvalue weighted by molar-refractivity contribution is -0.137. The number of carboxylic acids is 1. The number of hydrogen-bond acceptors (Lipinski definition) is 3. The largest absolute Gasteiger partial charge is 0.481 e. The summed E-state index contributed by atoms with van der Waals surface area (Å²) in [6.07, 6.45) is 1.38. The molecule has 1 heterocycles. The van der Waals surface area contributed by atoms with Crippen molar-refractivity contribution in [1.29, 1.82) is 0 Å². The molecule has 1 aliphatic rings. The highest BCUT2D eigenvalue weighted by Crippen LogP contribution is 2.22. The molecule has 0 aromatic carbocycles. The lowest BCUT2D eigenvalue weighted by Gasteiger charge is -2.24. The third-order valence-corrected chi connectivity index (χ3v) is 2.70. The van der Waals surface area contributed by atoms with E-state index in [9.17, 15) is 9.59 Å². The average molecular weight is 243 g/mol. The normalized spacial score (nSPS) is 20.4. The van der Waals surface area contributed by atoms with Gasteiger partial charge in [-0.05, 0) is 39.5 Å². The summed E-state index contributed by atoms with van der Waals surface area (Å²) < 4.78 is 5.27. The van der Waals surface area contributed by atoms with Crippen LogP contribution in [-0.4, -0.2) is 40.8 Å². The van der Waals surface area contributed by atoms with Crippen molar-refractivity contribution in [1.82, 2.24) is 4.90 Å². The standard InChI is InChI=1S/C12H21NO4/c1-12(2,3)17-11(16)13-7-6-9(8-13)4-5-10(14)15/h9H,4-8H2,1-3H3,(H,14,15)/t9-/m0/s1. The Hall–Kier alpha value is -1.26. The minimum Gasteiger partial charge on any atom is -0.481 e. The summed E-state index contributed by atoms with van der Waals surface area (Å²) in [5.41, 5.74) is -0.476. The van der Waals surface area contributed by atoms with E-state index in [4.69, 9.17) is 9.84 Å². The van der Waals surface area contributed by atoms with E-state index in [1.165, 1.54) is 0 Å². The molecule has 5 nitrogen and oxygen atoms in total. The Morgan fingerprint density at radius 2 is 2.06 bits per heavy atom. The molecule has 1 rings (SSSR count). The molecule has 17 heavy (non-hydrogen) atoms. The van der Waals surface area contributed by atoms with Crippen molar-refractivity contribution in [2.45, 2.75) is 45.6 Å². The predicted octanol–water partition coefficient (Wildman–Crippen LogP) is 2.11. The van der Waals surface area contributed by atoms with Crippen LogP contribution in [0.25, 0.3) is 0 Å². The van der Waals surface area contributed by atoms with Gasteiger partial charge in [0, 0.05) is 19.5 Å². The fourth-order valence-corrected chi connectivity index (χ4v) is 1.89. The zero-order valence-corrected chi connectivity index (χ0v) is 10.7. The zero-order valence-electron chi connectivity index (χ0n) is 10.7. The molecule has 1 amide bonds. The van der Waals surface area contributed by atoms with Gasteiger partial charge in [0.05, 0.1) is 0 Å². The highest BCUT2D eigenvalue weighted by molar-refractivity contribution is 5.68. The minimum absolute atomic E-state index is 0.173. The summed E-state index contributed by atoms with van der Waals surface area (Å²) in [7, 11) is 0. The molecule has 1 N–H and O–H groups in total. The van der Waals surface area contributed by atoms with E-state index < -0.39 is 11.6 Å². The molecule has 0 unspecified atom stereocenters. The van der Waals surface area contributed by atoms with Crippen molar-refractivity contribution < 1.29 is 19.4 Å². The van der Waals surface area contributed by atoms with Crippen molar-refractivity contribution in [2.75, 3.05) is 13.1 Å². The maximum atomic E-state index is 11.7. The number of likely N-dealkylation sites (tertiary alicyclic amines) is 1. The highest BCUT2D eigenvalue weighted by Gasteiger charge is 2.29. The summed E-state index contributed by atoms with van der Waals surface area (Å²) in [5.74, 6) is -0.487. The van der Waals surface area contributed by atoms with E-state index in [1.54, 1.807) is 4.90 Å². The second-order valence-electron chi connectivity index (χ2n) is 5.51. The molecule has 0 aliphatic carbocycles. The molecule has 1 aliphatic heterocycles. The third kappa shape index (κ3) is 5.06. The number of carbonyl (C=O) groups is 2. The first-order valence-corrected chi connectivity index (χ1v) is 5.97. The molecule has 1 saturated heterocycles. The van der Waals surface area contributed by atoms with E-state index in [0.29, 0.717) is 25.4 Å². The summed E-state index contributed by atoms with van der Waals surface area (Å²) in [6, 6.07) is 0. The maximum absolute atomic E-state index is 11.7. The fraction of sp³-hybridized carbons (Fsp3) is 0.833. The molecule has 0 spiro atoms. The van der Waals surface area contributed by atoms with Crippen LogP contribution < -0.4 is 0 Å². The average Bonchev–Trinajstić information content (AvgIpc) is 2.60. The number of carbonyl (C=O) groups excluding carboxylic acids is 1. The predicted molar refractivity (Wildman–Crippen MR) is 62.8 cm³/mol. The van der Waals surface area contributed by atoms with Crippen LogP contribution >= 0.6 is 0 Å². The summed E-state index contributed by atoms with van der Waals surface area (Å²) in [4.78, 5) is 23.9. The Morgan fingerprint density at radius 3 is 2.59 bits per heavy atom. The van der Waals surface area contributed by atoms with Crippen molar-refractivity contribution in [3.05, 3.63) is 0 Å². The number of hydrogen-bond donors (Lipinski definition) is 1. The maximum Gasteiger partial charge on any atom is 0.410 e. The van der Waals surface area contributed by atoms with Crippen LogP contribution in [0.15, 0.2) is 0 Å². The van der Waals surface area contributed by atoms with Crippen LogP contribution in [0, 0.1) is 5.92 Å². The van der Waals surface area contributed by atoms with Gasteiger partial charge in [-0.3, -0.25) is 4.79 Å². The first-order valence-electron chi connectivity index (χ1n) is 5.97. The Labute approximate surface area is 102 Å². The Kier molecular flexibility index (Phi) is 4.37. The topological polar surface area (TPSA) is 66.8 Å². The second kappa shape index (κ2) is 5.38. The third-order valence-electron chi connectivity index (χ3n) is 2.70. The molecule has 0 radical (unpaired) electrons. The summed E-state index contributed by atoms with van der Waals surface area (Å²) in [6.45, 7) is 6.79. The van der Waals surface area contributed by atoms with Gasteiger partial charge in [-0.2, -0.15) is 0 Å². The molecule has 0 aromatic rings. The molecule has 98 valence electrons. The van der Waals surface area contributed by atoms with Gasteiger partial charge < -0.3 is 14.7 Å². The van der Waals surface area contributed by atoms with E-state index in [2.05, 4.69) is 0 Å². The number of amides is 1. The van der Waals surface area contributed by atoms with Gasteiger partial charge in [0.2, 0.25) is 0 Å². The van der Waals surface area contributed by atoms with Gasteiger partial charge in [0.15, 0.2) is 0 Å². The van der Waals surface area contributed by atoms with Crippen LogP contribution in [0.3, 0.4) is 0 Å². The van der Waals surface area contributed by atoms with Crippen molar-refractivity contribution in [3.63, 3.8) is 0 Å². The van der Waals surface area contributed by atoms with E-state index in [1.807, 2.05) is 20.8 Å². The van der Waals surface area contributed by atoms with Crippen LogP contribution in [0.1, 0.15) is 40.0 Å². The molecule has 5 heteroatoms. The van der Waals surface area contributed by atoms with E-state index in [-0.39, 0.29) is 12.5 Å². The number of carboxylic acid groups (broad SMARTS) is 1. The van der Waals surface area contributed by atoms with Crippen LogP contribution in [0.5, 0.6) is 0 Å². The number of ether oxygens (including phenoxy) is 1. The first kappa shape index (κ1) is 13.8. The highest BCUT2D eigenvalue weighted by atomic mass is 16.6. The lowest BCUT2D eigenvalue weighted by Crippen LogP contribution is -2.35. The number of rotatable bonds is 3. The SMILES string of the molecule is CC(C)(C)OC(=O)N1CC[C@H](CCC(=O)O)C1. The molecule has 0 aromatic heterocycles. The molecule has 0 bridgehead atoms. The first-order chi connectivity index (χ1) is 7.78. The van der Waals surface area contributed by atoms with Crippen LogP contribution in [-0.2, 0) is 9.53 Å². The minimum atomic E-state index is -0.777. The van der Waals surface area contributed by atoms with Gasteiger partial charge in [0.1, 0.15) is 5.60 Å². The van der Waals surface area contributed by atoms with E-state index in [0.717, 1.165) is 6.42 Å². The van der Waals surface area contributed by atoms with Gasteiger partial charge in [0.25, 0.3) is 0 Å². The summed E-state index contributed by atoms with van der Waals surface area (Å²) in [5, 5.41) is 8.60. The Balaban J connectivity index is 2.34. The van der Waals surface area contributed by atoms with Gasteiger partial charge in [-0.1, -0.05) is 0 Å². The smallest absolute Gasteiger partial charge is 0.410 e. The summed E-state index contributed by atoms with van der Waals surface area (Å²) >= 11 is 0. The fourth-order valence-electron chi connectivity index (χ4n) is 1.89.